The highest BCUT2D eigenvalue weighted by Gasteiger charge is 2.17. The lowest BCUT2D eigenvalue weighted by molar-refractivity contribution is 1.11. The molecule has 0 amide bonds. The quantitative estimate of drug-likeness (QED) is 0.170. The fourth-order valence-corrected chi connectivity index (χ4v) is 7.49. The smallest absolute Gasteiger partial charge is 0.234 e. The Morgan fingerprint density at radius 2 is 0.940 bits per heavy atom. The second-order valence-corrected chi connectivity index (χ2v) is 12.7. The van der Waals surface area contributed by atoms with Crippen LogP contribution in [-0.2, 0) is 0 Å². The Morgan fingerprint density at radius 1 is 0.440 bits per heavy atom. The lowest BCUT2D eigenvalue weighted by Gasteiger charge is -2.25. The Morgan fingerprint density at radius 3 is 1.50 bits per heavy atom. The van der Waals surface area contributed by atoms with Crippen LogP contribution in [0.1, 0.15) is 0 Å². The van der Waals surface area contributed by atoms with Crippen molar-refractivity contribution in [1.82, 2.24) is 14.4 Å². The number of hydrogen-bond donors (Lipinski definition) is 0. The van der Waals surface area contributed by atoms with Crippen molar-refractivity contribution < 1.29 is 0 Å². The predicted molar refractivity (Wildman–Crippen MR) is 208 cm³/mol. The molecule has 0 atom stereocenters. The fraction of sp³-hybridized carbons (Fsp3) is 0. The standard InChI is InChI=1S/C46H30N4/c1-3-8-36(9-4-1)50(37-10-5-2-6-11-37)38-22-16-32(17-23-38)40-25-19-35-20-26-41-39(24-18-34-21-27-42(40)45(35)44(34)41)31-12-14-33(15-13-31)43-30-49-29-7-28-47-46(49)48-43/h1-30H. The van der Waals surface area contributed by atoms with Crippen molar-refractivity contribution in [2.24, 2.45) is 0 Å². The predicted octanol–water partition coefficient (Wildman–Crippen LogP) is 12.1. The van der Waals surface area contributed by atoms with E-state index in [0.29, 0.717) is 5.78 Å². The number of benzene rings is 8. The first-order valence-corrected chi connectivity index (χ1v) is 16.9. The van der Waals surface area contributed by atoms with Gasteiger partial charge in [-0.15, -0.1) is 0 Å². The van der Waals surface area contributed by atoms with Crippen LogP contribution in [0.2, 0.25) is 0 Å². The van der Waals surface area contributed by atoms with E-state index in [9.17, 15) is 0 Å². The van der Waals surface area contributed by atoms with Gasteiger partial charge in [0.2, 0.25) is 5.78 Å². The van der Waals surface area contributed by atoms with E-state index in [-0.39, 0.29) is 0 Å². The van der Waals surface area contributed by atoms with E-state index in [4.69, 9.17) is 4.98 Å². The maximum Gasteiger partial charge on any atom is 0.234 e. The topological polar surface area (TPSA) is 33.4 Å². The van der Waals surface area contributed by atoms with Crippen molar-refractivity contribution in [3.8, 4) is 33.5 Å². The lowest BCUT2D eigenvalue weighted by atomic mass is 9.87. The Balaban J connectivity index is 1.06. The van der Waals surface area contributed by atoms with Crippen LogP contribution in [-0.4, -0.2) is 14.4 Å². The van der Waals surface area contributed by atoms with Crippen LogP contribution >= 0.6 is 0 Å². The molecule has 10 rings (SSSR count). The van der Waals surface area contributed by atoms with Crippen molar-refractivity contribution in [2.75, 3.05) is 4.90 Å². The molecule has 0 bridgehead atoms. The molecule has 234 valence electrons. The summed E-state index contributed by atoms with van der Waals surface area (Å²) in [4.78, 5) is 11.4. The number of rotatable bonds is 6. The average Bonchev–Trinajstić information content (AvgIpc) is 3.63. The zero-order valence-electron chi connectivity index (χ0n) is 27.1. The summed E-state index contributed by atoms with van der Waals surface area (Å²) in [5.74, 6) is 0.704. The number of anilines is 3. The van der Waals surface area contributed by atoms with Gasteiger partial charge in [-0.1, -0.05) is 121 Å². The maximum absolute atomic E-state index is 4.71. The molecule has 0 saturated carbocycles. The van der Waals surface area contributed by atoms with Gasteiger partial charge in [-0.05, 0) is 97.0 Å². The van der Waals surface area contributed by atoms with E-state index in [2.05, 4.69) is 168 Å². The molecule has 0 aliphatic rings. The molecule has 0 aliphatic heterocycles. The van der Waals surface area contributed by atoms with Crippen LogP contribution in [0.25, 0.3) is 71.6 Å². The van der Waals surface area contributed by atoms with Gasteiger partial charge in [0.15, 0.2) is 0 Å². The number of imidazole rings is 1. The first-order chi connectivity index (χ1) is 24.8. The van der Waals surface area contributed by atoms with Gasteiger partial charge in [0.05, 0.1) is 5.69 Å². The minimum atomic E-state index is 0.704. The molecule has 0 fully saturated rings. The van der Waals surface area contributed by atoms with E-state index in [1.54, 1.807) is 6.20 Å². The second-order valence-electron chi connectivity index (χ2n) is 12.7. The van der Waals surface area contributed by atoms with E-state index >= 15 is 0 Å². The summed E-state index contributed by atoms with van der Waals surface area (Å²) in [7, 11) is 0. The Bertz CT molecular complexity index is 2710. The average molecular weight is 639 g/mol. The highest BCUT2D eigenvalue weighted by atomic mass is 15.1. The lowest BCUT2D eigenvalue weighted by Crippen LogP contribution is -2.09. The van der Waals surface area contributed by atoms with E-state index in [1.165, 1.54) is 54.6 Å². The zero-order chi connectivity index (χ0) is 33.0. The van der Waals surface area contributed by atoms with Gasteiger partial charge in [0.25, 0.3) is 0 Å². The number of fused-ring (bicyclic) bond motifs is 1. The number of hydrogen-bond acceptors (Lipinski definition) is 3. The summed E-state index contributed by atoms with van der Waals surface area (Å²) >= 11 is 0. The van der Waals surface area contributed by atoms with Crippen LogP contribution in [0.15, 0.2) is 182 Å². The summed E-state index contributed by atoms with van der Waals surface area (Å²) < 4.78 is 1.96. The van der Waals surface area contributed by atoms with Crippen molar-refractivity contribution >= 4 is 55.2 Å². The van der Waals surface area contributed by atoms with E-state index < -0.39 is 0 Å². The maximum atomic E-state index is 4.71. The van der Waals surface area contributed by atoms with Crippen molar-refractivity contribution in [2.45, 2.75) is 0 Å². The van der Waals surface area contributed by atoms with E-state index in [0.717, 1.165) is 28.3 Å². The van der Waals surface area contributed by atoms with Crippen molar-refractivity contribution in [3.05, 3.63) is 182 Å². The van der Waals surface area contributed by atoms with Gasteiger partial charge in [0.1, 0.15) is 0 Å². The molecule has 2 aromatic heterocycles. The number of para-hydroxylation sites is 2. The highest BCUT2D eigenvalue weighted by Crippen LogP contribution is 2.43. The summed E-state index contributed by atoms with van der Waals surface area (Å²) in [6, 6.07) is 58.9. The third kappa shape index (κ3) is 4.61. The molecule has 0 N–H and O–H groups in total. The minimum Gasteiger partial charge on any atom is -0.311 e. The van der Waals surface area contributed by atoms with Gasteiger partial charge < -0.3 is 4.90 Å². The second kappa shape index (κ2) is 11.4. The number of nitrogens with zero attached hydrogens (tertiary/aromatic N) is 4. The molecule has 8 aromatic carbocycles. The van der Waals surface area contributed by atoms with Crippen LogP contribution < -0.4 is 4.90 Å². The first kappa shape index (κ1) is 28.3. The van der Waals surface area contributed by atoms with Gasteiger partial charge >= 0.3 is 0 Å². The minimum absolute atomic E-state index is 0.704. The molecular weight excluding hydrogens is 609 g/mol. The van der Waals surface area contributed by atoms with Gasteiger partial charge in [0, 0.05) is 41.2 Å². The normalized spacial score (nSPS) is 11.6. The van der Waals surface area contributed by atoms with Crippen LogP contribution in [0, 0.1) is 0 Å². The first-order valence-electron chi connectivity index (χ1n) is 16.9. The zero-order valence-corrected chi connectivity index (χ0v) is 27.1. The third-order valence-corrected chi connectivity index (χ3v) is 9.86. The van der Waals surface area contributed by atoms with Gasteiger partial charge in [-0.2, -0.15) is 0 Å². The molecule has 0 unspecified atom stereocenters. The molecule has 0 radical (unpaired) electrons. The largest absolute Gasteiger partial charge is 0.311 e. The van der Waals surface area contributed by atoms with Crippen LogP contribution in [0.4, 0.5) is 17.1 Å². The molecule has 0 saturated heterocycles. The molecule has 4 heteroatoms. The van der Waals surface area contributed by atoms with Crippen molar-refractivity contribution in [1.29, 1.82) is 0 Å². The molecule has 0 aliphatic carbocycles. The molecule has 10 aromatic rings. The summed E-state index contributed by atoms with van der Waals surface area (Å²) in [6.07, 6.45) is 5.78. The van der Waals surface area contributed by atoms with Gasteiger partial charge in [-0.25, -0.2) is 9.97 Å². The van der Waals surface area contributed by atoms with E-state index in [1.807, 2.05) is 22.9 Å². The van der Waals surface area contributed by atoms with Gasteiger partial charge in [-0.3, -0.25) is 4.40 Å². The fourth-order valence-electron chi connectivity index (χ4n) is 7.49. The summed E-state index contributed by atoms with van der Waals surface area (Å²) in [5, 5.41) is 7.66. The molecule has 0 spiro atoms. The van der Waals surface area contributed by atoms with Crippen LogP contribution in [0.3, 0.4) is 0 Å². The Hall–Kier alpha value is -6.78. The van der Waals surface area contributed by atoms with Crippen LogP contribution in [0.5, 0.6) is 0 Å². The number of aromatic nitrogens is 3. The third-order valence-electron chi connectivity index (χ3n) is 9.86. The molecule has 2 heterocycles. The molecular formula is C46H30N4. The SMILES string of the molecule is c1ccc(N(c2ccccc2)c2ccc(-c3ccc4ccc5c(-c6ccc(-c7cn8cccnc8n7)cc6)ccc6ccc3c4c65)cc2)cc1. The Kier molecular flexibility index (Phi) is 6.46. The Labute approximate surface area is 289 Å². The highest BCUT2D eigenvalue weighted by molar-refractivity contribution is 6.27. The molecule has 4 nitrogen and oxygen atoms in total. The van der Waals surface area contributed by atoms with Crippen molar-refractivity contribution in [3.63, 3.8) is 0 Å². The summed E-state index contributed by atoms with van der Waals surface area (Å²) in [5.41, 5.74) is 10.2. The monoisotopic (exact) mass is 638 g/mol. The molecule has 50 heavy (non-hydrogen) atoms. The summed E-state index contributed by atoms with van der Waals surface area (Å²) in [6.45, 7) is 0.